The van der Waals surface area contributed by atoms with Crippen molar-refractivity contribution in [3.05, 3.63) is 15.6 Å². The summed E-state index contributed by atoms with van der Waals surface area (Å²) >= 11 is 1.79. The Hall–Kier alpha value is -0.450. The van der Waals surface area contributed by atoms with E-state index in [0.29, 0.717) is 0 Å². The van der Waals surface area contributed by atoms with Crippen LogP contribution in [0.15, 0.2) is 0 Å². The van der Waals surface area contributed by atoms with Gasteiger partial charge in [-0.2, -0.15) is 0 Å². The van der Waals surface area contributed by atoms with Crippen molar-refractivity contribution in [2.45, 2.75) is 33.7 Å². The van der Waals surface area contributed by atoms with Gasteiger partial charge in [0.05, 0.1) is 10.7 Å². The number of aromatic nitrogens is 1. The first-order valence-electron chi connectivity index (χ1n) is 5.58. The lowest BCUT2D eigenvalue weighted by Crippen LogP contribution is -2.27. The molecule has 1 rings (SSSR count). The molecule has 2 N–H and O–H groups in total. The van der Waals surface area contributed by atoms with Crippen LogP contribution in [0.3, 0.4) is 0 Å². The second-order valence-electron chi connectivity index (χ2n) is 3.67. The lowest BCUT2D eigenvalue weighted by Gasteiger charge is -2.04. The molecule has 0 saturated heterocycles. The number of hydrogen-bond donors (Lipinski definition) is 2. The van der Waals surface area contributed by atoms with Crippen LogP contribution in [0.5, 0.6) is 0 Å². The van der Waals surface area contributed by atoms with Crippen LogP contribution in [0.25, 0.3) is 0 Å². The van der Waals surface area contributed by atoms with Crippen molar-refractivity contribution >= 4 is 11.3 Å². The molecule has 0 aliphatic carbocycles. The van der Waals surface area contributed by atoms with E-state index >= 15 is 0 Å². The van der Waals surface area contributed by atoms with Crippen LogP contribution in [-0.2, 0) is 6.54 Å². The zero-order chi connectivity index (χ0) is 11.1. The summed E-state index contributed by atoms with van der Waals surface area (Å²) in [5.74, 6) is 0. The highest BCUT2D eigenvalue weighted by Crippen LogP contribution is 2.16. The van der Waals surface area contributed by atoms with E-state index in [9.17, 15) is 0 Å². The molecule has 1 aromatic rings. The fourth-order valence-corrected chi connectivity index (χ4v) is 2.32. The lowest BCUT2D eigenvalue weighted by atomic mass is 10.4. The van der Waals surface area contributed by atoms with Crippen molar-refractivity contribution in [3.63, 3.8) is 0 Å². The highest BCUT2D eigenvalue weighted by atomic mass is 32.1. The topological polar surface area (TPSA) is 37.0 Å². The maximum absolute atomic E-state index is 4.40. The Bertz CT molecular complexity index is 283. The predicted octanol–water partition coefficient (Wildman–Crippen LogP) is 1.85. The standard InChI is InChI=1S/C11H21N3S/c1-4-5-12-6-7-13-8-11-9(2)14-10(3)15-11/h12-13H,4-8H2,1-3H3. The molecule has 0 saturated carbocycles. The summed E-state index contributed by atoms with van der Waals surface area (Å²) < 4.78 is 0. The van der Waals surface area contributed by atoms with Gasteiger partial charge < -0.3 is 10.6 Å². The number of thiazole rings is 1. The summed E-state index contributed by atoms with van der Waals surface area (Å²) in [5, 5.41) is 7.95. The van der Waals surface area contributed by atoms with E-state index in [1.807, 2.05) is 0 Å². The van der Waals surface area contributed by atoms with Crippen molar-refractivity contribution in [2.75, 3.05) is 19.6 Å². The molecule has 0 aliphatic heterocycles. The Balaban J connectivity index is 2.12. The van der Waals surface area contributed by atoms with Gasteiger partial charge in [0.2, 0.25) is 0 Å². The molecule has 0 aliphatic rings. The molecule has 3 nitrogen and oxygen atoms in total. The van der Waals surface area contributed by atoms with Crippen LogP contribution in [0.2, 0.25) is 0 Å². The number of nitrogens with one attached hydrogen (secondary N) is 2. The normalized spacial score (nSPS) is 10.9. The largest absolute Gasteiger partial charge is 0.315 e. The quantitative estimate of drug-likeness (QED) is 0.698. The van der Waals surface area contributed by atoms with Gasteiger partial charge >= 0.3 is 0 Å². The third-order valence-electron chi connectivity index (χ3n) is 2.19. The highest BCUT2D eigenvalue weighted by molar-refractivity contribution is 7.11. The van der Waals surface area contributed by atoms with Gasteiger partial charge in [-0.05, 0) is 26.8 Å². The minimum atomic E-state index is 0.950. The lowest BCUT2D eigenvalue weighted by molar-refractivity contribution is 0.608. The van der Waals surface area contributed by atoms with Crippen molar-refractivity contribution in [1.82, 2.24) is 15.6 Å². The van der Waals surface area contributed by atoms with Gasteiger partial charge in [-0.25, -0.2) is 4.98 Å². The van der Waals surface area contributed by atoms with E-state index in [-0.39, 0.29) is 0 Å². The van der Waals surface area contributed by atoms with Crippen LogP contribution in [0.1, 0.15) is 28.9 Å². The Labute approximate surface area is 96.3 Å². The van der Waals surface area contributed by atoms with Gasteiger partial charge in [0.25, 0.3) is 0 Å². The maximum Gasteiger partial charge on any atom is 0.0900 e. The van der Waals surface area contributed by atoms with Crippen LogP contribution in [0.4, 0.5) is 0 Å². The van der Waals surface area contributed by atoms with E-state index < -0.39 is 0 Å². The van der Waals surface area contributed by atoms with Crippen LogP contribution in [0, 0.1) is 13.8 Å². The van der Waals surface area contributed by atoms with Gasteiger partial charge in [-0.1, -0.05) is 6.92 Å². The van der Waals surface area contributed by atoms with E-state index in [1.54, 1.807) is 11.3 Å². The first-order valence-corrected chi connectivity index (χ1v) is 6.40. The molecule has 1 aromatic heterocycles. The highest BCUT2D eigenvalue weighted by Gasteiger charge is 2.02. The molecule has 0 unspecified atom stereocenters. The maximum atomic E-state index is 4.40. The third-order valence-corrected chi connectivity index (χ3v) is 3.26. The minimum Gasteiger partial charge on any atom is -0.315 e. The SMILES string of the molecule is CCCNCCNCc1sc(C)nc1C. The fourth-order valence-electron chi connectivity index (χ4n) is 1.42. The van der Waals surface area contributed by atoms with Gasteiger partial charge in [-0.15, -0.1) is 11.3 Å². The van der Waals surface area contributed by atoms with Gasteiger partial charge in [0, 0.05) is 24.5 Å². The van der Waals surface area contributed by atoms with E-state index in [4.69, 9.17) is 0 Å². The second kappa shape index (κ2) is 6.93. The van der Waals surface area contributed by atoms with Crippen LogP contribution in [-0.4, -0.2) is 24.6 Å². The molecule has 0 bridgehead atoms. The Kier molecular flexibility index (Phi) is 5.83. The molecular formula is C11H21N3S. The molecular weight excluding hydrogens is 206 g/mol. The summed E-state index contributed by atoms with van der Waals surface area (Å²) in [6, 6.07) is 0. The van der Waals surface area contributed by atoms with Crippen molar-refractivity contribution < 1.29 is 0 Å². The Morgan fingerprint density at radius 1 is 1.13 bits per heavy atom. The first-order chi connectivity index (χ1) is 7.24. The summed E-state index contributed by atoms with van der Waals surface area (Å²) in [6.45, 7) is 10.5. The zero-order valence-corrected chi connectivity index (χ0v) is 10.7. The monoisotopic (exact) mass is 227 g/mol. The van der Waals surface area contributed by atoms with Crippen LogP contribution >= 0.6 is 11.3 Å². The summed E-state index contributed by atoms with van der Waals surface area (Å²) in [6.07, 6.45) is 1.20. The second-order valence-corrected chi connectivity index (χ2v) is 4.96. The number of hydrogen-bond acceptors (Lipinski definition) is 4. The molecule has 4 heteroatoms. The van der Waals surface area contributed by atoms with E-state index in [2.05, 4.69) is 36.4 Å². The molecule has 0 spiro atoms. The number of rotatable bonds is 7. The molecule has 86 valence electrons. The number of nitrogens with zero attached hydrogens (tertiary/aromatic N) is 1. The molecule has 15 heavy (non-hydrogen) atoms. The summed E-state index contributed by atoms with van der Waals surface area (Å²) in [4.78, 5) is 5.77. The molecule has 1 heterocycles. The Morgan fingerprint density at radius 3 is 2.47 bits per heavy atom. The molecule has 0 amide bonds. The Morgan fingerprint density at radius 2 is 1.87 bits per heavy atom. The first kappa shape index (κ1) is 12.6. The van der Waals surface area contributed by atoms with Gasteiger partial charge in [0.15, 0.2) is 0 Å². The van der Waals surface area contributed by atoms with E-state index in [1.165, 1.54) is 17.0 Å². The minimum absolute atomic E-state index is 0.950. The predicted molar refractivity (Wildman–Crippen MR) is 66.5 cm³/mol. The van der Waals surface area contributed by atoms with Crippen molar-refractivity contribution in [3.8, 4) is 0 Å². The summed E-state index contributed by atoms with van der Waals surface area (Å²) in [5.41, 5.74) is 1.17. The third kappa shape index (κ3) is 4.73. The molecule has 0 fully saturated rings. The fraction of sp³-hybridized carbons (Fsp3) is 0.727. The van der Waals surface area contributed by atoms with Crippen LogP contribution < -0.4 is 10.6 Å². The average Bonchev–Trinajstić information content (AvgIpc) is 2.51. The molecule has 0 aromatic carbocycles. The molecule has 0 atom stereocenters. The van der Waals surface area contributed by atoms with E-state index in [0.717, 1.165) is 31.2 Å². The van der Waals surface area contributed by atoms with Crippen molar-refractivity contribution in [2.24, 2.45) is 0 Å². The average molecular weight is 227 g/mol. The molecule has 0 radical (unpaired) electrons. The van der Waals surface area contributed by atoms with Gasteiger partial charge in [0.1, 0.15) is 0 Å². The zero-order valence-electron chi connectivity index (χ0n) is 9.89. The smallest absolute Gasteiger partial charge is 0.0900 e. The van der Waals surface area contributed by atoms with Gasteiger partial charge in [-0.3, -0.25) is 0 Å². The van der Waals surface area contributed by atoms with Crippen molar-refractivity contribution in [1.29, 1.82) is 0 Å². The summed E-state index contributed by atoms with van der Waals surface area (Å²) in [7, 11) is 0. The number of aryl methyl sites for hydroxylation is 2.